The van der Waals surface area contributed by atoms with Gasteiger partial charge in [-0.1, -0.05) is 18.2 Å². The topological polar surface area (TPSA) is 52.2 Å². The van der Waals surface area contributed by atoms with Gasteiger partial charge in [0.2, 0.25) is 0 Å². The molecule has 0 aliphatic heterocycles. The van der Waals surface area contributed by atoms with Gasteiger partial charge in [-0.3, -0.25) is 4.21 Å². The fraction of sp³-hybridized carbons (Fsp3) is 0.111. The highest BCUT2D eigenvalue weighted by Gasteiger charge is 1.98. The molecule has 1 aromatic carbocycles. The van der Waals surface area contributed by atoms with E-state index in [9.17, 15) is 8.76 Å². The second-order valence-corrected chi connectivity index (χ2v) is 3.05. The highest BCUT2D eigenvalue weighted by molar-refractivity contribution is 7.80. The first-order valence-electron chi connectivity index (χ1n) is 3.61. The zero-order valence-electron chi connectivity index (χ0n) is 6.82. The number of benzene rings is 1. The molecule has 0 heterocycles. The Labute approximate surface area is 79.6 Å². The van der Waals surface area contributed by atoms with E-state index in [-0.39, 0.29) is 0 Å². The fourth-order valence-electron chi connectivity index (χ4n) is 0.974. The maximum absolute atomic E-state index is 10.4. The number of rotatable bonds is 3. The Hall–Kier alpha value is -1.31. The first-order chi connectivity index (χ1) is 6.24. The van der Waals surface area contributed by atoms with E-state index >= 15 is 0 Å². The monoisotopic (exact) mass is 194 g/mol. The average molecular weight is 194 g/mol. The smallest absolute Gasteiger partial charge is 0.0494 e. The Morgan fingerprint density at radius 2 is 2.23 bits per heavy atom. The Kier molecular flexibility index (Phi) is 3.50. The molecule has 0 aliphatic rings. The van der Waals surface area contributed by atoms with Gasteiger partial charge in [0, 0.05) is 23.4 Å². The van der Waals surface area contributed by atoms with E-state index in [1.807, 2.05) is 6.07 Å². The van der Waals surface area contributed by atoms with Gasteiger partial charge in [0.15, 0.2) is 0 Å². The van der Waals surface area contributed by atoms with Gasteiger partial charge < -0.3 is 9.27 Å². The van der Waals surface area contributed by atoms with Gasteiger partial charge in [0.05, 0.1) is 0 Å². The summed E-state index contributed by atoms with van der Waals surface area (Å²) in [6, 6.07) is 7.01. The second-order valence-electron chi connectivity index (χ2n) is 2.37. The van der Waals surface area contributed by atoms with Crippen LogP contribution >= 0.6 is 0 Å². The van der Waals surface area contributed by atoms with E-state index in [1.54, 1.807) is 18.2 Å². The Morgan fingerprint density at radius 1 is 1.54 bits per heavy atom. The van der Waals surface area contributed by atoms with Crippen molar-refractivity contribution >= 4 is 17.0 Å². The number of anilines is 1. The molecule has 0 aromatic heterocycles. The molecule has 1 N–H and O–H groups in total. The van der Waals surface area contributed by atoms with E-state index in [2.05, 4.69) is 10.6 Å². The van der Waals surface area contributed by atoms with Crippen LogP contribution in [0, 0.1) is 12.3 Å². The van der Waals surface area contributed by atoms with Crippen LogP contribution in [-0.2, 0) is 17.7 Å². The summed E-state index contributed by atoms with van der Waals surface area (Å²) in [6.45, 7) is 0. The summed E-state index contributed by atoms with van der Waals surface area (Å²) >= 11 is -2.30. The van der Waals surface area contributed by atoms with Crippen LogP contribution in [0.4, 0.5) is 5.69 Å². The van der Waals surface area contributed by atoms with Crippen LogP contribution in [0.3, 0.4) is 0 Å². The van der Waals surface area contributed by atoms with Crippen LogP contribution in [-0.4, -0.2) is 8.76 Å². The molecule has 68 valence electrons. The summed E-state index contributed by atoms with van der Waals surface area (Å²) in [7, 11) is 0. The van der Waals surface area contributed by atoms with Crippen molar-refractivity contribution in [1.82, 2.24) is 0 Å². The number of nitrogens with one attached hydrogen (secondary N) is 1. The van der Waals surface area contributed by atoms with Crippen molar-refractivity contribution in [3.63, 3.8) is 0 Å². The van der Waals surface area contributed by atoms with E-state index in [0.717, 1.165) is 5.56 Å². The van der Waals surface area contributed by atoms with Crippen LogP contribution in [0.15, 0.2) is 24.3 Å². The summed E-state index contributed by atoms with van der Waals surface area (Å²) in [5.41, 5.74) is 1.34. The van der Waals surface area contributed by atoms with Crippen LogP contribution in [0.5, 0.6) is 0 Å². The van der Waals surface area contributed by atoms with Crippen LogP contribution in [0.2, 0.25) is 0 Å². The maximum Gasteiger partial charge on any atom is 0.0494 e. The lowest BCUT2D eigenvalue weighted by Crippen LogP contribution is -2.04. The average Bonchev–Trinajstić information content (AvgIpc) is 2.08. The van der Waals surface area contributed by atoms with Crippen molar-refractivity contribution in [2.45, 2.75) is 6.42 Å². The first-order valence-corrected chi connectivity index (χ1v) is 4.69. The molecule has 0 bridgehead atoms. The van der Waals surface area contributed by atoms with Crippen molar-refractivity contribution in [3.05, 3.63) is 29.8 Å². The SMILES string of the molecule is C#CCc1ccccc1NS(=O)[O-]. The van der Waals surface area contributed by atoms with Crippen LogP contribution < -0.4 is 4.72 Å². The zero-order chi connectivity index (χ0) is 9.68. The molecule has 0 saturated heterocycles. The molecule has 1 unspecified atom stereocenters. The largest absolute Gasteiger partial charge is 0.755 e. The van der Waals surface area contributed by atoms with E-state index in [4.69, 9.17) is 6.42 Å². The van der Waals surface area contributed by atoms with Gasteiger partial charge in [0.25, 0.3) is 0 Å². The minimum Gasteiger partial charge on any atom is -0.755 e. The lowest BCUT2D eigenvalue weighted by molar-refractivity contribution is 0.542. The molecular weight excluding hydrogens is 186 g/mol. The zero-order valence-corrected chi connectivity index (χ0v) is 7.64. The van der Waals surface area contributed by atoms with Crippen LogP contribution in [0.25, 0.3) is 0 Å². The highest BCUT2D eigenvalue weighted by Crippen LogP contribution is 2.15. The van der Waals surface area contributed by atoms with Crippen molar-refractivity contribution in [1.29, 1.82) is 0 Å². The molecule has 1 rings (SSSR count). The van der Waals surface area contributed by atoms with Crippen molar-refractivity contribution < 1.29 is 8.76 Å². The molecule has 0 fully saturated rings. The van der Waals surface area contributed by atoms with Gasteiger partial charge in [-0.05, 0) is 11.6 Å². The van der Waals surface area contributed by atoms with E-state index in [0.29, 0.717) is 12.1 Å². The quantitative estimate of drug-likeness (QED) is 0.578. The van der Waals surface area contributed by atoms with Crippen molar-refractivity contribution in [2.24, 2.45) is 0 Å². The van der Waals surface area contributed by atoms with Gasteiger partial charge in [-0.15, -0.1) is 12.3 Å². The molecule has 4 heteroatoms. The lowest BCUT2D eigenvalue weighted by atomic mass is 10.1. The van der Waals surface area contributed by atoms with Crippen LogP contribution in [0.1, 0.15) is 5.56 Å². The lowest BCUT2D eigenvalue weighted by Gasteiger charge is -2.11. The van der Waals surface area contributed by atoms with Gasteiger partial charge in [0.1, 0.15) is 0 Å². The van der Waals surface area contributed by atoms with Gasteiger partial charge in [-0.25, -0.2) is 0 Å². The molecule has 0 radical (unpaired) electrons. The van der Waals surface area contributed by atoms with Gasteiger partial charge in [-0.2, -0.15) is 0 Å². The number of hydrogen-bond acceptors (Lipinski definition) is 2. The summed E-state index contributed by atoms with van der Waals surface area (Å²) in [4.78, 5) is 0. The highest BCUT2D eigenvalue weighted by atomic mass is 32.2. The standard InChI is InChI=1S/C9H9NO2S/c1-2-5-8-6-3-4-7-9(8)10-13(11)12/h1,3-4,6-7,10H,5H2,(H,11,12)/p-1. The number of terminal acetylenes is 1. The predicted molar refractivity (Wildman–Crippen MR) is 51.5 cm³/mol. The molecular formula is C9H8NO2S-. The Bertz CT molecular complexity index is 357. The fourth-order valence-corrected chi connectivity index (χ4v) is 1.35. The van der Waals surface area contributed by atoms with Crippen molar-refractivity contribution in [3.8, 4) is 12.3 Å². The Balaban J connectivity index is 2.92. The molecule has 0 spiro atoms. The maximum atomic E-state index is 10.4. The van der Waals surface area contributed by atoms with Gasteiger partial charge >= 0.3 is 0 Å². The second kappa shape index (κ2) is 4.65. The summed E-state index contributed by atoms with van der Waals surface area (Å²) in [6.07, 6.45) is 5.55. The molecule has 0 amide bonds. The van der Waals surface area contributed by atoms with E-state index < -0.39 is 11.3 Å². The first kappa shape index (κ1) is 9.78. The normalized spacial score (nSPS) is 11.7. The third-order valence-electron chi connectivity index (χ3n) is 1.50. The predicted octanol–water partition coefficient (Wildman–Crippen LogP) is 1.07. The number of para-hydroxylation sites is 1. The minimum atomic E-state index is -2.30. The Morgan fingerprint density at radius 3 is 2.85 bits per heavy atom. The third-order valence-corrected chi connectivity index (χ3v) is 1.89. The summed E-state index contributed by atoms with van der Waals surface area (Å²) < 4.78 is 23.0. The molecule has 1 aromatic rings. The number of hydrogen-bond donors (Lipinski definition) is 1. The molecule has 0 saturated carbocycles. The molecule has 1 atom stereocenters. The summed E-state index contributed by atoms with van der Waals surface area (Å²) in [5.74, 6) is 2.46. The molecule has 13 heavy (non-hydrogen) atoms. The van der Waals surface area contributed by atoms with Crippen molar-refractivity contribution in [2.75, 3.05) is 4.72 Å². The molecule has 3 nitrogen and oxygen atoms in total. The summed E-state index contributed by atoms with van der Waals surface area (Å²) in [5, 5.41) is 0. The molecule has 0 aliphatic carbocycles. The minimum absolute atomic E-state index is 0.417. The third kappa shape index (κ3) is 2.90. The van der Waals surface area contributed by atoms with E-state index in [1.165, 1.54) is 0 Å².